The Kier molecular flexibility index (Phi) is 9.43. The van der Waals surface area contributed by atoms with E-state index in [2.05, 4.69) is 282 Å². The molecule has 3 heteroatoms. The van der Waals surface area contributed by atoms with E-state index in [1.54, 1.807) is 0 Å². The number of hydrogen-bond donors (Lipinski definition) is 0. The summed E-state index contributed by atoms with van der Waals surface area (Å²) in [5, 5.41) is 5.96. The average molecular weight is 904 g/mol. The summed E-state index contributed by atoms with van der Waals surface area (Å²) in [4.78, 5) is 7.93. The van der Waals surface area contributed by atoms with Gasteiger partial charge in [-0.1, -0.05) is 212 Å². The van der Waals surface area contributed by atoms with Gasteiger partial charge in [-0.15, -0.1) is 0 Å². The molecule has 0 atom stereocenters. The number of pyridine rings is 1. The first-order valence-corrected chi connectivity index (χ1v) is 24.5. The number of para-hydroxylation sites is 4. The van der Waals surface area contributed by atoms with Crippen molar-refractivity contribution in [2.75, 3.05) is 4.90 Å². The molecular weight excluding hydrogens is 859 g/mol. The Labute approximate surface area is 412 Å². The van der Waals surface area contributed by atoms with Gasteiger partial charge in [0, 0.05) is 55.1 Å². The van der Waals surface area contributed by atoms with Crippen molar-refractivity contribution in [3.05, 3.63) is 295 Å². The fraction of sp³-hybridized carbons (Fsp3) is 0.0147. The summed E-state index contributed by atoms with van der Waals surface area (Å²) in [6, 6.07) is 99.6. The zero-order valence-electron chi connectivity index (χ0n) is 38.8. The molecule has 1 aliphatic carbocycles. The van der Waals surface area contributed by atoms with Crippen molar-refractivity contribution in [2.24, 2.45) is 0 Å². The second-order valence-electron chi connectivity index (χ2n) is 18.6. The molecule has 0 amide bonds. The Hall–Kier alpha value is -9.31. The summed E-state index contributed by atoms with van der Waals surface area (Å²) >= 11 is 0. The second-order valence-corrected chi connectivity index (χ2v) is 18.6. The molecule has 2 aromatic heterocycles. The molecule has 0 aliphatic heterocycles. The van der Waals surface area contributed by atoms with E-state index in [0.717, 1.165) is 61.4 Å². The molecular formula is C68H45N3. The average Bonchev–Trinajstić information content (AvgIpc) is 3.95. The summed E-state index contributed by atoms with van der Waals surface area (Å²) in [5.41, 5.74) is 19.1. The van der Waals surface area contributed by atoms with Crippen LogP contribution in [0.5, 0.6) is 0 Å². The van der Waals surface area contributed by atoms with Crippen molar-refractivity contribution < 1.29 is 0 Å². The number of rotatable bonds is 8. The molecule has 2 heterocycles. The molecule has 14 rings (SSSR count). The minimum atomic E-state index is -0.541. The van der Waals surface area contributed by atoms with E-state index in [1.807, 2.05) is 0 Å². The van der Waals surface area contributed by atoms with Gasteiger partial charge in [0.2, 0.25) is 0 Å². The first-order valence-electron chi connectivity index (χ1n) is 24.5. The molecule has 11 aromatic carbocycles. The van der Waals surface area contributed by atoms with Crippen LogP contribution in [-0.4, -0.2) is 9.55 Å². The van der Waals surface area contributed by atoms with Crippen molar-refractivity contribution in [3.8, 4) is 39.2 Å². The number of nitrogens with zero attached hydrogens (tertiary/aromatic N) is 3. The van der Waals surface area contributed by atoms with Gasteiger partial charge in [0.1, 0.15) is 0 Å². The van der Waals surface area contributed by atoms with Gasteiger partial charge in [0.15, 0.2) is 0 Å². The lowest BCUT2D eigenvalue weighted by Gasteiger charge is -2.35. The largest absolute Gasteiger partial charge is 0.310 e. The van der Waals surface area contributed by atoms with Crippen molar-refractivity contribution in [1.82, 2.24) is 9.55 Å². The lowest BCUT2D eigenvalue weighted by atomic mass is 9.67. The predicted octanol–water partition coefficient (Wildman–Crippen LogP) is 17.7. The molecule has 0 fully saturated rings. The highest BCUT2D eigenvalue weighted by Crippen LogP contribution is 2.57. The molecule has 0 radical (unpaired) electrons. The zero-order chi connectivity index (χ0) is 46.9. The molecule has 0 saturated carbocycles. The van der Waals surface area contributed by atoms with Crippen LogP contribution in [0.4, 0.5) is 17.1 Å². The lowest BCUT2D eigenvalue weighted by molar-refractivity contribution is 0.768. The second kappa shape index (κ2) is 16.4. The standard InChI is InChI=1S/C68H45N3/c1-5-21-46(22-6-1)53-29-15-19-35-62(53)70(52-41-42-55-54-30-13-17-33-59(54)68(60(55)45-52,48-23-7-2-8-24-48)49-25-9-3-10-26-49)51-39-37-47(38-40-51)67-58-43-44-64-66(65(58)56-31-14-18-34-61(56)69-67)57-32-16-20-36-63(57)71(64)50-27-11-4-12-28-50/h1-45H. The molecule has 0 saturated heterocycles. The van der Waals surface area contributed by atoms with Crippen molar-refractivity contribution >= 4 is 60.5 Å². The van der Waals surface area contributed by atoms with Gasteiger partial charge >= 0.3 is 0 Å². The van der Waals surface area contributed by atoms with Crippen LogP contribution in [0.25, 0.3) is 82.7 Å². The highest BCUT2D eigenvalue weighted by Gasteiger charge is 2.46. The molecule has 0 bridgehead atoms. The quantitative estimate of drug-likeness (QED) is 0.142. The number of aromatic nitrogens is 2. The van der Waals surface area contributed by atoms with Crippen molar-refractivity contribution in [1.29, 1.82) is 0 Å². The predicted molar refractivity (Wildman–Crippen MR) is 296 cm³/mol. The Balaban J connectivity index is 0.989. The summed E-state index contributed by atoms with van der Waals surface area (Å²) in [5.74, 6) is 0. The first-order chi connectivity index (χ1) is 35.3. The lowest BCUT2D eigenvalue weighted by Crippen LogP contribution is -2.28. The zero-order valence-corrected chi connectivity index (χ0v) is 38.8. The van der Waals surface area contributed by atoms with Crippen molar-refractivity contribution in [3.63, 3.8) is 0 Å². The van der Waals surface area contributed by atoms with Crippen LogP contribution in [0.3, 0.4) is 0 Å². The smallest absolute Gasteiger partial charge is 0.0788 e. The number of anilines is 3. The van der Waals surface area contributed by atoms with E-state index >= 15 is 0 Å². The van der Waals surface area contributed by atoms with Crippen LogP contribution in [0.15, 0.2) is 273 Å². The van der Waals surface area contributed by atoms with Crippen molar-refractivity contribution in [2.45, 2.75) is 5.41 Å². The van der Waals surface area contributed by atoms with Gasteiger partial charge < -0.3 is 9.47 Å². The first kappa shape index (κ1) is 40.7. The normalized spacial score (nSPS) is 12.6. The van der Waals surface area contributed by atoms with Crippen LogP contribution in [0.2, 0.25) is 0 Å². The van der Waals surface area contributed by atoms with Gasteiger partial charge in [0.05, 0.1) is 33.3 Å². The van der Waals surface area contributed by atoms with Gasteiger partial charge in [-0.05, 0) is 99.6 Å². The monoisotopic (exact) mass is 903 g/mol. The van der Waals surface area contributed by atoms with E-state index in [-0.39, 0.29) is 0 Å². The van der Waals surface area contributed by atoms with E-state index in [4.69, 9.17) is 4.98 Å². The molecule has 3 nitrogen and oxygen atoms in total. The maximum Gasteiger partial charge on any atom is 0.0788 e. The maximum atomic E-state index is 5.48. The summed E-state index contributed by atoms with van der Waals surface area (Å²) < 4.78 is 2.40. The SMILES string of the molecule is c1ccc(-c2ccccc2N(c2ccc(-c3nc4ccccc4c4c3ccc3c4c4ccccc4n3-c3ccccc3)cc2)c2ccc3c(c2)C(c2ccccc2)(c2ccccc2)c2ccccc2-3)cc1. The Morgan fingerprint density at radius 1 is 0.352 bits per heavy atom. The minimum absolute atomic E-state index is 0.541. The van der Waals surface area contributed by atoms with Gasteiger partial charge in [-0.3, -0.25) is 0 Å². The van der Waals surface area contributed by atoms with E-state index in [1.165, 1.54) is 60.6 Å². The Bertz CT molecular complexity index is 4100. The van der Waals surface area contributed by atoms with Crippen LogP contribution >= 0.6 is 0 Å². The minimum Gasteiger partial charge on any atom is -0.310 e. The molecule has 0 N–H and O–H groups in total. The van der Waals surface area contributed by atoms with Crippen LogP contribution in [0, 0.1) is 0 Å². The summed E-state index contributed by atoms with van der Waals surface area (Å²) in [7, 11) is 0. The number of benzene rings is 11. The molecule has 71 heavy (non-hydrogen) atoms. The topological polar surface area (TPSA) is 21.1 Å². The highest BCUT2D eigenvalue weighted by molar-refractivity contribution is 6.29. The highest BCUT2D eigenvalue weighted by atomic mass is 15.1. The Morgan fingerprint density at radius 3 is 1.68 bits per heavy atom. The van der Waals surface area contributed by atoms with Gasteiger partial charge in [0.25, 0.3) is 0 Å². The van der Waals surface area contributed by atoms with Crippen LogP contribution < -0.4 is 4.90 Å². The Morgan fingerprint density at radius 2 is 0.930 bits per heavy atom. The third-order valence-electron chi connectivity index (χ3n) is 14.8. The molecule has 0 unspecified atom stereocenters. The molecule has 332 valence electrons. The molecule has 1 aliphatic rings. The third kappa shape index (κ3) is 6.26. The number of hydrogen-bond acceptors (Lipinski definition) is 2. The maximum absolute atomic E-state index is 5.48. The van der Waals surface area contributed by atoms with Gasteiger partial charge in [-0.2, -0.15) is 0 Å². The fourth-order valence-corrected chi connectivity index (χ4v) is 11.9. The molecule has 13 aromatic rings. The van der Waals surface area contributed by atoms with E-state index in [9.17, 15) is 0 Å². The van der Waals surface area contributed by atoms with E-state index < -0.39 is 5.41 Å². The third-order valence-corrected chi connectivity index (χ3v) is 14.8. The summed E-state index contributed by atoms with van der Waals surface area (Å²) in [6.45, 7) is 0. The van der Waals surface area contributed by atoms with Gasteiger partial charge in [-0.25, -0.2) is 4.98 Å². The number of fused-ring (bicyclic) bond motifs is 10. The van der Waals surface area contributed by atoms with Crippen LogP contribution in [-0.2, 0) is 5.41 Å². The van der Waals surface area contributed by atoms with Crippen LogP contribution in [0.1, 0.15) is 22.3 Å². The van der Waals surface area contributed by atoms with E-state index in [0.29, 0.717) is 0 Å². The fourth-order valence-electron chi connectivity index (χ4n) is 11.9. The summed E-state index contributed by atoms with van der Waals surface area (Å²) in [6.07, 6.45) is 0. The molecule has 0 spiro atoms.